The molecule has 3 aromatic rings. The highest BCUT2D eigenvalue weighted by atomic mass is 32.2. The van der Waals surface area contributed by atoms with Crippen LogP contribution in [0.15, 0.2) is 48.5 Å². The third-order valence-corrected chi connectivity index (χ3v) is 5.31. The first kappa shape index (κ1) is 18.3. The second-order valence-corrected chi connectivity index (χ2v) is 7.27. The van der Waals surface area contributed by atoms with E-state index in [1.165, 1.54) is 35.2 Å². The minimum absolute atomic E-state index is 0.144. The number of aromatic nitrogens is 2. The van der Waals surface area contributed by atoms with Crippen molar-refractivity contribution in [3.05, 3.63) is 59.9 Å². The van der Waals surface area contributed by atoms with Crippen LogP contribution in [0.4, 0.5) is 9.52 Å². The zero-order valence-corrected chi connectivity index (χ0v) is 15.6. The predicted molar refractivity (Wildman–Crippen MR) is 103 cm³/mol. The molecule has 1 heterocycles. The summed E-state index contributed by atoms with van der Waals surface area (Å²) in [6.45, 7) is 0. The summed E-state index contributed by atoms with van der Waals surface area (Å²) in [7, 11) is 1.61. The van der Waals surface area contributed by atoms with Gasteiger partial charge in [-0.3, -0.25) is 10.1 Å². The molecule has 1 amide bonds. The quantitative estimate of drug-likeness (QED) is 0.655. The fourth-order valence-electron chi connectivity index (χ4n) is 2.12. The predicted octanol–water partition coefficient (Wildman–Crippen LogP) is 4.22. The summed E-state index contributed by atoms with van der Waals surface area (Å²) in [4.78, 5) is 12.0. The Morgan fingerprint density at radius 3 is 2.58 bits per heavy atom. The van der Waals surface area contributed by atoms with Crippen LogP contribution in [0, 0.1) is 5.82 Å². The molecule has 0 atom stereocenters. The van der Waals surface area contributed by atoms with Crippen LogP contribution in [-0.2, 0) is 10.5 Å². The summed E-state index contributed by atoms with van der Waals surface area (Å²) in [5.41, 5.74) is 1.89. The van der Waals surface area contributed by atoms with Crippen molar-refractivity contribution < 1.29 is 13.9 Å². The number of halogens is 1. The number of carbonyl (C=O) groups is 1. The van der Waals surface area contributed by atoms with Gasteiger partial charge in [-0.15, -0.1) is 22.0 Å². The van der Waals surface area contributed by atoms with Crippen molar-refractivity contribution in [3.8, 4) is 16.3 Å². The summed E-state index contributed by atoms with van der Waals surface area (Å²) in [6.07, 6.45) is 0. The largest absolute Gasteiger partial charge is 0.497 e. The maximum Gasteiger partial charge on any atom is 0.236 e. The molecule has 0 radical (unpaired) electrons. The Bertz CT molecular complexity index is 867. The summed E-state index contributed by atoms with van der Waals surface area (Å²) in [5.74, 6) is 1.29. The normalized spacial score (nSPS) is 10.5. The minimum atomic E-state index is -0.263. The Balaban J connectivity index is 1.50. The molecule has 0 saturated carbocycles. The molecule has 2 aromatic carbocycles. The van der Waals surface area contributed by atoms with Gasteiger partial charge in [-0.05, 0) is 42.0 Å². The number of carbonyl (C=O) groups excluding carboxylic acids is 1. The smallest absolute Gasteiger partial charge is 0.236 e. The van der Waals surface area contributed by atoms with Gasteiger partial charge < -0.3 is 4.74 Å². The standard InChI is InChI=1S/C18H16FN3O2S2/c1-24-15-8-4-13(5-9-15)17-21-22-18(26-17)20-16(23)11-25-10-12-2-6-14(19)7-3-12/h2-9H,10-11H2,1H3,(H,20,22,23). The highest BCUT2D eigenvalue weighted by molar-refractivity contribution is 7.99. The van der Waals surface area contributed by atoms with E-state index in [1.807, 2.05) is 24.3 Å². The first-order valence-electron chi connectivity index (χ1n) is 7.74. The molecule has 0 aliphatic rings. The zero-order chi connectivity index (χ0) is 18.4. The van der Waals surface area contributed by atoms with E-state index in [1.54, 1.807) is 19.2 Å². The SMILES string of the molecule is COc1ccc(-c2nnc(NC(=O)CSCc3ccc(F)cc3)s2)cc1. The first-order chi connectivity index (χ1) is 12.6. The van der Waals surface area contributed by atoms with E-state index < -0.39 is 0 Å². The van der Waals surface area contributed by atoms with Gasteiger partial charge in [0.1, 0.15) is 16.6 Å². The number of nitrogens with one attached hydrogen (secondary N) is 1. The molecule has 0 saturated heterocycles. The molecule has 0 bridgehead atoms. The number of hydrogen-bond acceptors (Lipinski definition) is 6. The van der Waals surface area contributed by atoms with Gasteiger partial charge in [0.05, 0.1) is 12.9 Å². The number of rotatable bonds is 7. The minimum Gasteiger partial charge on any atom is -0.497 e. The van der Waals surface area contributed by atoms with E-state index in [0.717, 1.165) is 21.9 Å². The molecule has 3 rings (SSSR count). The summed E-state index contributed by atoms with van der Waals surface area (Å²) >= 11 is 2.77. The van der Waals surface area contributed by atoms with E-state index in [-0.39, 0.29) is 17.5 Å². The molecular weight excluding hydrogens is 373 g/mol. The van der Waals surface area contributed by atoms with Crippen molar-refractivity contribution >= 4 is 34.1 Å². The Labute approximate surface area is 158 Å². The van der Waals surface area contributed by atoms with Gasteiger partial charge in [0.15, 0.2) is 0 Å². The average molecular weight is 389 g/mol. The second kappa shape index (κ2) is 8.77. The molecule has 134 valence electrons. The Morgan fingerprint density at radius 2 is 1.88 bits per heavy atom. The fraction of sp³-hybridized carbons (Fsp3) is 0.167. The van der Waals surface area contributed by atoms with Gasteiger partial charge in [-0.1, -0.05) is 23.5 Å². The molecule has 0 aliphatic carbocycles. The summed E-state index contributed by atoms with van der Waals surface area (Å²) in [6, 6.07) is 13.7. The van der Waals surface area contributed by atoms with Crippen molar-refractivity contribution in [3.63, 3.8) is 0 Å². The molecule has 0 aliphatic heterocycles. The van der Waals surface area contributed by atoms with Crippen LogP contribution in [0.3, 0.4) is 0 Å². The highest BCUT2D eigenvalue weighted by Crippen LogP contribution is 2.27. The van der Waals surface area contributed by atoms with Crippen LogP contribution in [0.1, 0.15) is 5.56 Å². The van der Waals surface area contributed by atoms with E-state index >= 15 is 0 Å². The molecule has 0 unspecified atom stereocenters. The van der Waals surface area contributed by atoms with Crippen molar-refractivity contribution in [1.82, 2.24) is 10.2 Å². The zero-order valence-electron chi connectivity index (χ0n) is 13.9. The van der Waals surface area contributed by atoms with Crippen LogP contribution in [0.25, 0.3) is 10.6 Å². The highest BCUT2D eigenvalue weighted by Gasteiger charge is 2.10. The third kappa shape index (κ3) is 5.03. The lowest BCUT2D eigenvalue weighted by molar-refractivity contribution is -0.113. The van der Waals surface area contributed by atoms with Crippen LogP contribution < -0.4 is 10.1 Å². The van der Waals surface area contributed by atoms with Gasteiger partial charge in [0.25, 0.3) is 0 Å². The number of hydrogen-bond donors (Lipinski definition) is 1. The van der Waals surface area contributed by atoms with Gasteiger partial charge in [-0.25, -0.2) is 4.39 Å². The first-order valence-corrected chi connectivity index (χ1v) is 9.71. The number of amides is 1. The van der Waals surface area contributed by atoms with E-state index in [4.69, 9.17) is 4.74 Å². The van der Waals surface area contributed by atoms with Crippen LogP contribution >= 0.6 is 23.1 Å². The van der Waals surface area contributed by atoms with E-state index in [0.29, 0.717) is 10.9 Å². The summed E-state index contributed by atoms with van der Waals surface area (Å²) in [5, 5.41) is 12.0. The number of ether oxygens (including phenoxy) is 1. The number of nitrogens with zero attached hydrogens (tertiary/aromatic N) is 2. The van der Waals surface area contributed by atoms with Crippen LogP contribution in [0.2, 0.25) is 0 Å². The van der Waals surface area contributed by atoms with Gasteiger partial charge >= 0.3 is 0 Å². The Kier molecular flexibility index (Phi) is 6.19. The summed E-state index contributed by atoms with van der Waals surface area (Å²) < 4.78 is 18.0. The molecule has 1 N–H and O–H groups in total. The van der Waals surface area contributed by atoms with Gasteiger partial charge in [0, 0.05) is 11.3 Å². The average Bonchev–Trinajstić information content (AvgIpc) is 3.12. The van der Waals surface area contributed by atoms with E-state index in [9.17, 15) is 9.18 Å². The molecule has 1 aromatic heterocycles. The molecule has 0 spiro atoms. The fourth-order valence-corrected chi connectivity index (χ4v) is 3.67. The monoisotopic (exact) mass is 389 g/mol. The number of anilines is 1. The number of thioether (sulfide) groups is 1. The van der Waals surface area contributed by atoms with Crippen LogP contribution in [-0.4, -0.2) is 29.0 Å². The van der Waals surface area contributed by atoms with Crippen molar-refractivity contribution in [2.24, 2.45) is 0 Å². The second-order valence-electron chi connectivity index (χ2n) is 5.31. The molecule has 8 heteroatoms. The molecule has 26 heavy (non-hydrogen) atoms. The van der Waals surface area contributed by atoms with E-state index in [2.05, 4.69) is 15.5 Å². The van der Waals surface area contributed by atoms with Gasteiger partial charge in [0.2, 0.25) is 11.0 Å². The number of methoxy groups -OCH3 is 1. The Morgan fingerprint density at radius 1 is 1.15 bits per heavy atom. The van der Waals surface area contributed by atoms with Crippen molar-refractivity contribution in [2.45, 2.75) is 5.75 Å². The molecule has 0 fully saturated rings. The lowest BCUT2D eigenvalue weighted by Gasteiger charge is -2.02. The maximum atomic E-state index is 12.9. The molecule has 5 nitrogen and oxygen atoms in total. The van der Waals surface area contributed by atoms with Crippen molar-refractivity contribution in [1.29, 1.82) is 0 Å². The van der Waals surface area contributed by atoms with Gasteiger partial charge in [-0.2, -0.15) is 0 Å². The lowest BCUT2D eigenvalue weighted by Crippen LogP contribution is -2.13. The molecular formula is C18H16FN3O2S2. The topological polar surface area (TPSA) is 64.1 Å². The van der Waals surface area contributed by atoms with Crippen molar-refractivity contribution in [2.75, 3.05) is 18.2 Å². The maximum absolute atomic E-state index is 12.9. The van der Waals surface area contributed by atoms with Crippen LogP contribution in [0.5, 0.6) is 5.75 Å². The lowest BCUT2D eigenvalue weighted by atomic mass is 10.2. The third-order valence-electron chi connectivity index (χ3n) is 3.42. The Hall–Kier alpha value is -2.45. The number of benzene rings is 2.